The number of rotatable bonds is 2. The van der Waals surface area contributed by atoms with Gasteiger partial charge < -0.3 is 4.40 Å². The Balaban J connectivity index is 3.04. The largest absolute Gasteiger partial charge is 0.309 e. The zero-order chi connectivity index (χ0) is 14.4. The van der Waals surface area contributed by atoms with Crippen LogP contribution >= 0.6 is 0 Å². The number of hydrogen-bond donors (Lipinski definition) is 0. The van der Waals surface area contributed by atoms with Gasteiger partial charge in [0, 0.05) is 11.7 Å². The van der Waals surface area contributed by atoms with Gasteiger partial charge in [0.25, 0.3) is 0 Å². The highest BCUT2D eigenvalue weighted by Gasteiger charge is 2.34. The van der Waals surface area contributed by atoms with Crippen LogP contribution in [0.2, 0.25) is 39.3 Å². The molecule has 0 unspecified atom stereocenters. The molecular formula is C15H22N2Si2. The van der Waals surface area contributed by atoms with Crippen LogP contribution in [-0.2, 0) is 0 Å². The van der Waals surface area contributed by atoms with Gasteiger partial charge in [0.1, 0.15) is 11.8 Å². The minimum atomic E-state index is -1.54. The summed E-state index contributed by atoms with van der Waals surface area (Å²) in [5.41, 5.74) is 2.11. The van der Waals surface area contributed by atoms with Gasteiger partial charge in [-0.25, -0.2) is 0 Å². The maximum Gasteiger partial charge on any atom is 0.123 e. The van der Waals surface area contributed by atoms with Crippen molar-refractivity contribution in [3.63, 3.8) is 0 Å². The Morgan fingerprint density at radius 3 is 2.00 bits per heavy atom. The second kappa shape index (κ2) is 4.36. The lowest BCUT2D eigenvalue weighted by Gasteiger charge is -2.24. The van der Waals surface area contributed by atoms with Crippen molar-refractivity contribution in [3.05, 3.63) is 30.1 Å². The smallest absolute Gasteiger partial charge is 0.123 e. The first-order valence-electron chi connectivity index (χ1n) is 6.72. The van der Waals surface area contributed by atoms with Gasteiger partial charge in [0.2, 0.25) is 0 Å². The highest BCUT2D eigenvalue weighted by atomic mass is 28.3. The number of aromatic nitrogens is 1. The van der Waals surface area contributed by atoms with Crippen LogP contribution in [0.25, 0.3) is 5.52 Å². The first-order chi connectivity index (χ1) is 8.68. The second-order valence-corrected chi connectivity index (χ2v) is 17.2. The van der Waals surface area contributed by atoms with Crippen LogP contribution in [0.5, 0.6) is 0 Å². The van der Waals surface area contributed by atoms with Gasteiger partial charge in [-0.2, -0.15) is 5.26 Å². The van der Waals surface area contributed by atoms with Crippen molar-refractivity contribution in [1.29, 1.82) is 5.26 Å². The van der Waals surface area contributed by atoms with Gasteiger partial charge in [0.15, 0.2) is 0 Å². The minimum absolute atomic E-state index is 0.868. The van der Waals surface area contributed by atoms with Crippen molar-refractivity contribution < 1.29 is 0 Å². The number of hydrogen-bond acceptors (Lipinski definition) is 1. The molecule has 2 rings (SSSR count). The third kappa shape index (κ3) is 2.28. The summed E-state index contributed by atoms with van der Waals surface area (Å²) < 4.78 is 2.10. The third-order valence-corrected chi connectivity index (χ3v) is 7.69. The van der Waals surface area contributed by atoms with Crippen LogP contribution < -0.4 is 10.4 Å². The predicted octanol–water partition coefficient (Wildman–Crippen LogP) is 2.90. The zero-order valence-electron chi connectivity index (χ0n) is 12.7. The van der Waals surface area contributed by atoms with E-state index in [1.165, 1.54) is 15.9 Å². The molecule has 0 saturated carbocycles. The van der Waals surface area contributed by atoms with E-state index in [-0.39, 0.29) is 0 Å². The summed E-state index contributed by atoms with van der Waals surface area (Å²) in [6.45, 7) is 14.1. The number of nitrogens with zero attached hydrogens (tertiary/aromatic N) is 2. The van der Waals surface area contributed by atoms with Crippen LogP contribution in [0.1, 0.15) is 5.69 Å². The van der Waals surface area contributed by atoms with Crippen molar-refractivity contribution in [1.82, 2.24) is 4.40 Å². The van der Waals surface area contributed by atoms with Crippen LogP contribution in [0, 0.1) is 11.3 Å². The van der Waals surface area contributed by atoms with Crippen molar-refractivity contribution in [2.75, 3.05) is 0 Å². The summed E-state index contributed by atoms with van der Waals surface area (Å²) in [5.74, 6) is 0. The molecule has 19 heavy (non-hydrogen) atoms. The Kier molecular flexibility index (Phi) is 3.23. The monoisotopic (exact) mass is 286 g/mol. The molecule has 2 aromatic rings. The fourth-order valence-corrected chi connectivity index (χ4v) is 8.66. The van der Waals surface area contributed by atoms with E-state index in [1.807, 2.05) is 12.3 Å². The number of fused-ring (bicyclic) bond motifs is 1. The average Bonchev–Trinajstić information content (AvgIpc) is 2.62. The van der Waals surface area contributed by atoms with E-state index < -0.39 is 16.1 Å². The molecule has 4 heteroatoms. The van der Waals surface area contributed by atoms with Crippen molar-refractivity contribution in [2.24, 2.45) is 0 Å². The molecule has 0 aliphatic carbocycles. The first kappa shape index (κ1) is 14.1. The molecule has 2 heterocycles. The summed E-state index contributed by atoms with van der Waals surface area (Å²) >= 11 is 0. The molecule has 0 aliphatic rings. The summed E-state index contributed by atoms with van der Waals surface area (Å²) in [6, 6.07) is 8.71. The molecule has 0 bridgehead atoms. The lowest BCUT2D eigenvalue weighted by Crippen LogP contribution is -2.55. The molecular weight excluding hydrogens is 264 g/mol. The van der Waals surface area contributed by atoms with Gasteiger partial charge in [-0.3, -0.25) is 0 Å². The molecule has 2 aromatic heterocycles. The Morgan fingerprint density at radius 1 is 0.947 bits per heavy atom. The van der Waals surface area contributed by atoms with Crippen LogP contribution in [-0.4, -0.2) is 20.5 Å². The normalized spacial score (nSPS) is 12.7. The van der Waals surface area contributed by atoms with Crippen molar-refractivity contribution >= 4 is 32.0 Å². The van der Waals surface area contributed by atoms with Crippen LogP contribution in [0.15, 0.2) is 24.4 Å². The molecule has 0 radical (unpaired) electrons. The van der Waals surface area contributed by atoms with Crippen LogP contribution in [0.3, 0.4) is 0 Å². The molecule has 2 nitrogen and oxygen atoms in total. The predicted molar refractivity (Wildman–Crippen MR) is 88.1 cm³/mol. The van der Waals surface area contributed by atoms with Crippen molar-refractivity contribution in [2.45, 2.75) is 39.3 Å². The van der Waals surface area contributed by atoms with Gasteiger partial charge in [-0.1, -0.05) is 45.3 Å². The second-order valence-electron chi connectivity index (χ2n) is 7.17. The lowest BCUT2D eigenvalue weighted by molar-refractivity contribution is 1.16. The van der Waals surface area contributed by atoms with E-state index >= 15 is 0 Å². The van der Waals surface area contributed by atoms with Gasteiger partial charge >= 0.3 is 0 Å². The van der Waals surface area contributed by atoms with Crippen molar-refractivity contribution in [3.8, 4) is 6.07 Å². The Hall–Kier alpha value is -1.32. The van der Waals surface area contributed by atoms with Crippen LogP contribution in [0.4, 0.5) is 0 Å². The molecule has 0 aromatic carbocycles. The molecule has 0 amide bonds. The minimum Gasteiger partial charge on any atom is -0.309 e. The van der Waals surface area contributed by atoms with E-state index in [1.54, 1.807) is 0 Å². The molecule has 0 aliphatic heterocycles. The van der Waals surface area contributed by atoms with E-state index in [4.69, 9.17) is 0 Å². The summed E-state index contributed by atoms with van der Waals surface area (Å²) in [6.07, 6.45) is 2.03. The highest BCUT2D eigenvalue weighted by Crippen LogP contribution is 2.16. The molecule has 0 fully saturated rings. The topological polar surface area (TPSA) is 28.2 Å². The quantitative estimate of drug-likeness (QED) is 0.780. The zero-order valence-corrected chi connectivity index (χ0v) is 14.7. The lowest BCUT2D eigenvalue weighted by atomic mass is 10.4. The molecule has 0 atom stereocenters. The fraction of sp³-hybridized carbons (Fsp3) is 0.400. The van der Waals surface area contributed by atoms with E-state index in [0.717, 1.165) is 5.69 Å². The summed E-state index contributed by atoms with van der Waals surface area (Å²) in [7, 11) is -3.03. The SMILES string of the molecule is C[Si](C)(C)c1c([Si](C)(C)C)c2ccccn2c1C#N. The number of nitriles is 1. The fourth-order valence-electron chi connectivity index (χ4n) is 2.81. The van der Waals surface area contributed by atoms with Gasteiger partial charge in [-0.05, 0) is 22.5 Å². The van der Waals surface area contributed by atoms with E-state index in [0.29, 0.717) is 0 Å². The molecule has 0 N–H and O–H groups in total. The average molecular weight is 287 g/mol. The highest BCUT2D eigenvalue weighted by molar-refractivity contribution is 7.00. The van der Waals surface area contributed by atoms with Gasteiger partial charge in [0.05, 0.1) is 16.1 Å². The first-order valence-corrected chi connectivity index (χ1v) is 13.7. The Labute approximate surface area is 117 Å². The summed E-state index contributed by atoms with van der Waals surface area (Å²) in [5, 5.41) is 12.5. The maximum absolute atomic E-state index is 9.63. The van der Waals surface area contributed by atoms with Gasteiger partial charge in [-0.15, -0.1) is 0 Å². The third-order valence-electron chi connectivity index (χ3n) is 3.45. The molecule has 100 valence electrons. The molecule has 0 saturated heterocycles. The summed E-state index contributed by atoms with van der Waals surface area (Å²) in [4.78, 5) is 0. The Bertz CT molecular complexity index is 664. The standard InChI is InChI=1S/C15H22N2Si2/c1-18(2,3)14-12-9-7-8-10-17(12)13(11-16)15(14)19(4,5)6/h7-10H,1-6H3. The number of pyridine rings is 1. The van der Waals surface area contributed by atoms with E-state index in [2.05, 4.69) is 61.9 Å². The maximum atomic E-state index is 9.63. The Morgan fingerprint density at radius 2 is 1.53 bits per heavy atom. The molecule has 0 spiro atoms. The van der Waals surface area contributed by atoms with E-state index in [9.17, 15) is 5.26 Å².